The van der Waals surface area contributed by atoms with Gasteiger partial charge in [0.15, 0.2) is 5.82 Å². The second-order valence-electron chi connectivity index (χ2n) is 8.35. The molecule has 0 amide bonds. The molecule has 2 aromatic heterocycles. The first kappa shape index (κ1) is 16.7. The molecule has 0 N–H and O–H groups in total. The highest BCUT2D eigenvalue weighted by atomic mass is 16.5. The molecule has 4 rings (SSSR count). The van der Waals surface area contributed by atoms with Crippen molar-refractivity contribution in [1.82, 2.24) is 25.2 Å². The van der Waals surface area contributed by atoms with Crippen LogP contribution >= 0.6 is 0 Å². The summed E-state index contributed by atoms with van der Waals surface area (Å²) in [7, 11) is 0. The molecular weight excluding hydrogens is 318 g/mol. The Bertz CT molecular complexity index is 713. The van der Waals surface area contributed by atoms with Crippen molar-refractivity contribution in [2.24, 2.45) is 0 Å². The third-order valence-corrected chi connectivity index (χ3v) is 5.29. The summed E-state index contributed by atoms with van der Waals surface area (Å²) < 4.78 is 11.5. The fraction of sp³-hybridized carbons (Fsp3) is 0.778. The highest BCUT2D eigenvalue weighted by Crippen LogP contribution is 2.38. The van der Waals surface area contributed by atoms with Crippen molar-refractivity contribution >= 4 is 0 Å². The van der Waals surface area contributed by atoms with E-state index in [2.05, 4.69) is 46.0 Å². The molecule has 1 aliphatic heterocycles. The molecule has 136 valence electrons. The van der Waals surface area contributed by atoms with Gasteiger partial charge in [0, 0.05) is 11.3 Å². The molecule has 0 aromatic carbocycles. The Hall–Kier alpha value is -1.76. The molecule has 1 aliphatic carbocycles. The molecule has 1 saturated heterocycles. The van der Waals surface area contributed by atoms with Crippen LogP contribution in [0.2, 0.25) is 0 Å². The van der Waals surface area contributed by atoms with Gasteiger partial charge in [-0.3, -0.25) is 4.90 Å². The van der Waals surface area contributed by atoms with Crippen molar-refractivity contribution in [1.29, 1.82) is 0 Å². The van der Waals surface area contributed by atoms with Gasteiger partial charge in [0.1, 0.15) is 0 Å². The Morgan fingerprint density at radius 2 is 1.84 bits per heavy atom. The number of hydrogen-bond donors (Lipinski definition) is 0. The van der Waals surface area contributed by atoms with E-state index >= 15 is 0 Å². The third-order valence-electron chi connectivity index (χ3n) is 5.29. The first-order valence-corrected chi connectivity index (χ1v) is 9.41. The van der Waals surface area contributed by atoms with Crippen LogP contribution in [0.4, 0.5) is 0 Å². The van der Waals surface area contributed by atoms with Crippen molar-refractivity contribution in [2.45, 2.75) is 83.2 Å². The number of likely N-dealkylation sites (tertiary alicyclic amines) is 1. The summed E-state index contributed by atoms with van der Waals surface area (Å²) in [5.41, 5.74) is -0.104. The second-order valence-corrected chi connectivity index (χ2v) is 8.35. The predicted molar refractivity (Wildman–Crippen MR) is 90.9 cm³/mol. The van der Waals surface area contributed by atoms with Gasteiger partial charge in [-0.1, -0.05) is 38.8 Å². The highest BCUT2D eigenvalue weighted by molar-refractivity contribution is 5.02. The van der Waals surface area contributed by atoms with Gasteiger partial charge in [-0.05, 0) is 32.2 Å². The van der Waals surface area contributed by atoms with E-state index in [1.165, 1.54) is 32.1 Å². The first-order valence-electron chi connectivity index (χ1n) is 9.41. The monoisotopic (exact) mass is 345 g/mol. The molecule has 2 aliphatic rings. The molecule has 1 atom stereocenters. The van der Waals surface area contributed by atoms with Crippen molar-refractivity contribution in [3.63, 3.8) is 0 Å². The maximum Gasteiger partial charge on any atom is 0.240 e. The van der Waals surface area contributed by atoms with E-state index in [-0.39, 0.29) is 11.5 Å². The van der Waals surface area contributed by atoms with Crippen molar-refractivity contribution in [3.8, 4) is 0 Å². The van der Waals surface area contributed by atoms with Gasteiger partial charge in [0.05, 0.1) is 12.6 Å². The molecule has 0 spiro atoms. The summed E-state index contributed by atoms with van der Waals surface area (Å²) in [6.07, 6.45) is 7.00. The molecule has 0 radical (unpaired) electrons. The summed E-state index contributed by atoms with van der Waals surface area (Å²) >= 11 is 0. The van der Waals surface area contributed by atoms with Crippen molar-refractivity contribution < 1.29 is 8.94 Å². The van der Waals surface area contributed by atoms with E-state index in [0.717, 1.165) is 30.6 Å². The van der Waals surface area contributed by atoms with Gasteiger partial charge in [-0.25, -0.2) is 0 Å². The van der Waals surface area contributed by atoms with Crippen LogP contribution in [0.5, 0.6) is 0 Å². The lowest BCUT2D eigenvalue weighted by Crippen LogP contribution is -2.33. The minimum absolute atomic E-state index is 0.104. The molecule has 2 aromatic rings. The lowest BCUT2D eigenvalue weighted by Gasteiger charge is -2.32. The zero-order chi connectivity index (χ0) is 17.4. The molecule has 3 heterocycles. The van der Waals surface area contributed by atoms with Gasteiger partial charge < -0.3 is 8.94 Å². The summed E-state index contributed by atoms with van der Waals surface area (Å²) in [6, 6.07) is 0.153. The molecule has 7 nitrogen and oxygen atoms in total. The van der Waals surface area contributed by atoms with Crippen LogP contribution in [0, 0.1) is 0 Å². The van der Waals surface area contributed by atoms with Crippen LogP contribution < -0.4 is 0 Å². The lowest BCUT2D eigenvalue weighted by atomic mass is 9.85. The number of nitrogens with zero attached hydrogens (tertiary/aromatic N) is 5. The Kier molecular flexibility index (Phi) is 4.35. The minimum Gasteiger partial charge on any atom is -0.423 e. The Labute approximate surface area is 148 Å². The largest absolute Gasteiger partial charge is 0.423 e. The molecule has 2 fully saturated rings. The average Bonchev–Trinajstić information content (AvgIpc) is 3.15. The lowest BCUT2D eigenvalue weighted by molar-refractivity contribution is 0.102. The maximum absolute atomic E-state index is 6.02. The van der Waals surface area contributed by atoms with Crippen LogP contribution in [-0.4, -0.2) is 31.8 Å². The van der Waals surface area contributed by atoms with E-state index < -0.39 is 0 Å². The van der Waals surface area contributed by atoms with Crippen LogP contribution in [-0.2, 0) is 12.0 Å². The molecule has 7 heteroatoms. The molecule has 0 unspecified atom stereocenters. The number of hydrogen-bond acceptors (Lipinski definition) is 7. The van der Waals surface area contributed by atoms with E-state index in [9.17, 15) is 0 Å². The summed E-state index contributed by atoms with van der Waals surface area (Å²) in [5, 5.41) is 12.8. The normalized spacial score (nSPS) is 22.9. The SMILES string of the molecule is CC(C)(C)c1noc(CN2CCCC[C@@H]2c2nnc(C3CCC3)o2)n1. The van der Waals surface area contributed by atoms with Gasteiger partial charge in [-0.15, -0.1) is 10.2 Å². The van der Waals surface area contributed by atoms with Gasteiger partial charge in [0.2, 0.25) is 17.7 Å². The summed E-state index contributed by atoms with van der Waals surface area (Å²) in [5.74, 6) is 3.46. The van der Waals surface area contributed by atoms with E-state index in [4.69, 9.17) is 8.94 Å². The van der Waals surface area contributed by atoms with Crippen LogP contribution in [0.25, 0.3) is 0 Å². The smallest absolute Gasteiger partial charge is 0.240 e. The molecule has 25 heavy (non-hydrogen) atoms. The first-order chi connectivity index (χ1) is 12.0. The summed E-state index contributed by atoms with van der Waals surface area (Å²) in [4.78, 5) is 6.91. The van der Waals surface area contributed by atoms with Crippen molar-refractivity contribution in [3.05, 3.63) is 23.5 Å². The Balaban J connectivity index is 1.49. The second kappa shape index (κ2) is 6.52. The Morgan fingerprint density at radius 1 is 1.04 bits per heavy atom. The number of piperidine rings is 1. The van der Waals surface area contributed by atoms with Crippen LogP contribution in [0.3, 0.4) is 0 Å². The van der Waals surface area contributed by atoms with Gasteiger partial charge in [-0.2, -0.15) is 4.98 Å². The molecule has 0 bridgehead atoms. The molecule has 1 saturated carbocycles. The fourth-order valence-electron chi connectivity index (χ4n) is 3.46. The number of rotatable bonds is 4. The minimum atomic E-state index is -0.104. The van der Waals surface area contributed by atoms with Gasteiger partial charge >= 0.3 is 0 Å². The zero-order valence-electron chi connectivity index (χ0n) is 15.4. The quantitative estimate of drug-likeness (QED) is 0.834. The van der Waals surface area contributed by atoms with E-state index in [1.54, 1.807) is 0 Å². The van der Waals surface area contributed by atoms with Crippen LogP contribution in [0.15, 0.2) is 8.94 Å². The van der Waals surface area contributed by atoms with Crippen LogP contribution in [0.1, 0.15) is 94.8 Å². The predicted octanol–water partition coefficient (Wildman–Crippen LogP) is 3.74. The topological polar surface area (TPSA) is 81.1 Å². The van der Waals surface area contributed by atoms with Gasteiger partial charge in [0.25, 0.3) is 0 Å². The highest BCUT2D eigenvalue weighted by Gasteiger charge is 2.32. The average molecular weight is 345 g/mol. The Morgan fingerprint density at radius 3 is 2.52 bits per heavy atom. The van der Waals surface area contributed by atoms with E-state index in [0.29, 0.717) is 18.4 Å². The fourth-order valence-corrected chi connectivity index (χ4v) is 3.46. The van der Waals surface area contributed by atoms with E-state index in [1.807, 2.05) is 0 Å². The summed E-state index contributed by atoms with van der Waals surface area (Å²) in [6.45, 7) is 7.89. The third kappa shape index (κ3) is 3.47. The number of aromatic nitrogens is 4. The maximum atomic E-state index is 6.02. The molecular formula is C18H27N5O2. The standard InChI is InChI=1S/C18H27N5O2/c1-18(2,3)17-19-14(25-22-17)11-23-10-5-4-9-13(23)16-21-20-15(24-16)12-7-6-8-12/h12-13H,4-11H2,1-3H3/t13-/m1/s1. The van der Waals surface area contributed by atoms with Crippen molar-refractivity contribution in [2.75, 3.05) is 6.54 Å². The zero-order valence-corrected chi connectivity index (χ0v) is 15.4.